The molecule has 0 fully saturated rings. The minimum Gasteiger partial charge on any atom is -0.492 e. The number of esters is 4. The molecule has 0 aliphatic rings. The van der Waals surface area contributed by atoms with Gasteiger partial charge in [0.25, 0.3) is 0 Å². The Hall–Kier alpha value is -5.13. The van der Waals surface area contributed by atoms with E-state index in [1.807, 2.05) is 6.07 Å². The van der Waals surface area contributed by atoms with Gasteiger partial charge in [0.2, 0.25) is 0 Å². The van der Waals surface area contributed by atoms with Crippen molar-refractivity contribution >= 4 is 35.4 Å². The van der Waals surface area contributed by atoms with Crippen molar-refractivity contribution in [3.05, 3.63) is 77.6 Å². The van der Waals surface area contributed by atoms with Gasteiger partial charge >= 0.3 is 23.9 Å². The summed E-state index contributed by atoms with van der Waals surface area (Å²) in [6.07, 6.45) is 8.58. The van der Waals surface area contributed by atoms with Crippen molar-refractivity contribution < 1.29 is 56.8 Å². The van der Waals surface area contributed by atoms with E-state index >= 15 is 4.39 Å². The molecule has 11 nitrogen and oxygen atoms in total. The van der Waals surface area contributed by atoms with Crippen LogP contribution in [-0.4, -0.2) is 68.5 Å². The zero-order chi connectivity index (χ0) is 42.4. The number of carbonyl (C=O) groups excluding carboxylic acids is 6. The van der Waals surface area contributed by atoms with Gasteiger partial charge < -0.3 is 23.7 Å². The first kappa shape index (κ1) is 48.0. The molecule has 0 aliphatic carbocycles. The van der Waals surface area contributed by atoms with Crippen LogP contribution in [0, 0.1) is 11.2 Å². The van der Waals surface area contributed by atoms with Gasteiger partial charge in [0, 0.05) is 16.7 Å². The fourth-order valence-electron chi connectivity index (χ4n) is 5.67. The third kappa shape index (κ3) is 18.6. The van der Waals surface area contributed by atoms with Crippen LogP contribution in [0.3, 0.4) is 0 Å². The highest BCUT2D eigenvalue weighted by molar-refractivity contribution is 5.94. The molecule has 2 aromatic carbocycles. The Morgan fingerprint density at radius 2 is 1.19 bits per heavy atom. The molecule has 0 amide bonds. The number of hydrogen-bond acceptors (Lipinski definition) is 11. The Morgan fingerprint density at radius 1 is 0.632 bits per heavy atom. The van der Waals surface area contributed by atoms with E-state index < -0.39 is 73.5 Å². The Bertz CT molecular complexity index is 1700. The lowest BCUT2D eigenvalue weighted by atomic mass is 9.91. The van der Waals surface area contributed by atoms with E-state index in [0.29, 0.717) is 35.3 Å². The molecule has 0 atom stereocenters. The number of ketones is 2. The maximum Gasteiger partial charge on any atom is 0.333 e. The summed E-state index contributed by atoms with van der Waals surface area (Å²) < 4.78 is 43.5. The van der Waals surface area contributed by atoms with Gasteiger partial charge in [-0.1, -0.05) is 76.8 Å². The zero-order valence-electron chi connectivity index (χ0n) is 34.3. The van der Waals surface area contributed by atoms with E-state index in [2.05, 4.69) is 20.1 Å². The summed E-state index contributed by atoms with van der Waals surface area (Å²) in [6.45, 7) is 13.0. The SMILES string of the molecule is C=C(C)C(=O)OCCCc1cc(-c2ccc(CCCCCCCCC)cc2F)ccc1OCC(COC(=O)CC(C)=O)(COC(=O)CC(C)=O)COC(=O)C(=C)C. The second-order valence-electron chi connectivity index (χ2n) is 14.8. The summed E-state index contributed by atoms with van der Waals surface area (Å²) in [4.78, 5) is 72.7. The molecule has 0 aliphatic heterocycles. The average Bonchev–Trinajstić information content (AvgIpc) is 3.15. The topological polar surface area (TPSA) is 149 Å². The minimum atomic E-state index is -1.52. The Balaban J connectivity index is 2.46. The van der Waals surface area contributed by atoms with Crippen molar-refractivity contribution in [2.75, 3.05) is 33.0 Å². The molecule has 0 spiro atoms. The van der Waals surface area contributed by atoms with Crippen molar-refractivity contribution in [1.29, 1.82) is 0 Å². The summed E-state index contributed by atoms with van der Waals surface area (Å²) in [7, 11) is 0. The van der Waals surface area contributed by atoms with E-state index in [1.165, 1.54) is 52.9 Å². The highest BCUT2D eigenvalue weighted by Gasteiger charge is 2.38. The van der Waals surface area contributed by atoms with Crippen LogP contribution >= 0.6 is 0 Å². The molecule has 2 rings (SSSR count). The molecular weight excluding hydrogens is 735 g/mol. The van der Waals surface area contributed by atoms with Crippen LogP contribution in [-0.2, 0) is 60.6 Å². The maximum absolute atomic E-state index is 15.7. The van der Waals surface area contributed by atoms with Crippen molar-refractivity contribution in [2.24, 2.45) is 5.41 Å². The molecule has 0 unspecified atom stereocenters. The van der Waals surface area contributed by atoms with Crippen LogP contribution in [0.4, 0.5) is 4.39 Å². The third-order valence-electron chi connectivity index (χ3n) is 8.90. The van der Waals surface area contributed by atoms with Crippen molar-refractivity contribution in [1.82, 2.24) is 0 Å². The lowest BCUT2D eigenvalue weighted by Crippen LogP contribution is -2.44. The highest BCUT2D eigenvalue weighted by atomic mass is 19.1. The highest BCUT2D eigenvalue weighted by Crippen LogP contribution is 2.32. The van der Waals surface area contributed by atoms with Gasteiger partial charge in [0.1, 0.15) is 67.8 Å². The third-order valence-corrected chi connectivity index (χ3v) is 8.90. The van der Waals surface area contributed by atoms with Crippen LogP contribution in [0.25, 0.3) is 11.1 Å². The first-order valence-corrected chi connectivity index (χ1v) is 19.6. The molecule has 0 bridgehead atoms. The first-order chi connectivity index (χ1) is 27.1. The summed E-state index contributed by atoms with van der Waals surface area (Å²) in [5.74, 6) is -3.97. The van der Waals surface area contributed by atoms with Gasteiger partial charge in [-0.15, -0.1) is 0 Å². The molecule has 0 aromatic heterocycles. The summed E-state index contributed by atoms with van der Waals surface area (Å²) >= 11 is 0. The Morgan fingerprint density at radius 3 is 1.75 bits per heavy atom. The molecule has 0 heterocycles. The monoisotopic (exact) mass is 794 g/mol. The molecule has 57 heavy (non-hydrogen) atoms. The first-order valence-electron chi connectivity index (χ1n) is 19.6. The van der Waals surface area contributed by atoms with E-state index in [1.54, 1.807) is 37.3 Å². The fraction of sp³-hybridized carbons (Fsp3) is 0.511. The van der Waals surface area contributed by atoms with Crippen LogP contribution in [0.2, 0.25) is 0 Å². The van der Waals surface area contributed by atoms with Crippen molar-refractivity contribution in [3.63, 3.8) is 0 Å². The van der Waals surface area contributed by atoms with Crippen LogP contribution in [0.5, 0.6) is 5.75 Å². The number of carbonyl (C=O) groups is 6. The summed E-state index contributed by atoms with van der Waals surface area (Å²) in [6, 6.07) is 10.4. The fourth-order valence-corrected chi connectivity index (χ4v) is 5.67. The maximum atomic E-state index is 15.7. The van der Waals surface area contributed by atoms with Gasteiger partial charge in [0.05, 0.1) is 6.61 Å². The number of rotatable bonds is 28. The smallest absolute Gasteiger partial charge is 0.333 e. The Kier molecular flexibility index (Phi) is 21.2. The Labute approximate surface area is 336 Å². The molecule has 12 heteroatoms. The molecule has 0 saturated carbocycles. The number of unbranched alkanes of at least 4 members (excludes halogenated alkanes) is 6. The number of hydrogen-bond donors (Lipinski definition) is 0. The van der Waals surface area contributed by atoms with Crippen molar-refractivity contribution in [2.45, 2.75) is 112 Å². The molecule has 0 N–H and O–H groups in total. The van der Waals surface area contributed by atoms with E-state index in [9.17, 15) is 28.8 Å². The number of halogens is 1. The molecule has 2 aromatic rings. The predicted molar refractivity (Wildman–Crippen MR) is 214 cm³/mol. The minimum absolute atomic E-state index is 0.0655. The zero-order valence-corrected chi connectivity index (χ0v) is 34.3. The van der Waals surface area contributed by atoms with E-state index in [0.717, 1.165) is 24.8 Å². The number of Topliss-reactive ketones (excluding diaryl/α,β-unsaturated/α-hetero) is 2. The summed E-state index contributed by atoms with van der Waals surface area (Å²) in [5, 5.41) is 0. The summed E-state index contributed by atoms with van der Waals surface area (Å²) in [5.41, 5.74) is 1.30. The number of benzene rings is 2. The quantitative estimate of drug-likeness (QED) is 0.0269. The van der Waals surface area contributed by atoms with E-state index in [4.69, 9.17) is 23.7 Å². The van der Waals surface area contributed by atoms with Gasteiger partial charge in [0.15, 0.2) is 0 Å². The van der Waals surface area contributed by atoms with Crippen LogP contribution in [0.15, 0.2) is 60.7 Å². The van der Waals surface area contributed by atoms with Gasteiger partial charge in [-0.3, -0.25) is 19.2 Å². The number of aryl methyl sites for hydroxylation is 2. The second kappa shape index (κ2) is 25.2. The normalized spacial score (nSPS) is 11.0. The second-order valence-corrected chi connectivity index (χ2v) is 14.8. The van der Waals surface area contributed by atoms with Gasteiger partial charge in [-0.2, -0.15) is 0 Å². The van der Waals surface area contributed by atoms with E-state index in [-0.39, 0.29) is 30.2 Å². The lowest BCUT2D eigenvalue weighted by Gasteiger charge is -2.32. The standard InChI is InChI=1S/C45H59FO11/c1-8-9-10-11-12-13-14-16-35-18-20-38(39(46)25-35)36-19-21-40(37(26-36)17-15-22-53-43(51)31(2)3)54-27-45(30-57-44(52)32(4)5,28-55-41(49)23-33(6)47)29-56-42(50)24-34(7)48/h18-21,25-26H,2,4,8-17,22-24,27-30H2,1,3,5-7H3. The van der Waals surface area contributed by atoms with Gasteiger partial charge in [-0.25, -0.2) is 14.0 Å². The largest absolute Gasteiger partial charge is 0.492 e. The predicted octanol–water partition coefficient (Wildman–Crippen LogP) is 8.37. The number of ether oxygens (including phenoxy) is 5. The van der Waals surface area contributed by atoms with Crippen LogP contribution in [0.1, 0.15) is 110 Å². The average molecular weight is 795 g/mol. The molecule has 0 radical (unpaired) electrons. The lowest BCUT2D eigenvalue weighted by molar-refractivity contribution is -0.163. The molecule has 312 valence electrons. The molecular formula is C45H59FO11. The van der Waals surface area contributed by atoms with Gasteiger partial charge in [-0.05, 0) is 88.3 Å². The van der Waals surface area contributed by atoms with Crippen molar-refractivity contribution in [3.8, 4) is 16.9 Å². The van der Waals surface area contributed by atoms with Crippen LogP contribution < -0.4 is 4.74 Å². The molecule has 0 saturated heterocycles.